The maximum atomic E-state index is 3.80. The lowest BCUT2D eigenvalue weighted by Gasteiger charge is -2.28. The van der Waals surface area contributed by atoms with E-state index in [-0.39, 0.29) is 0 Å². The van der Waals surface area contributed by atoms with Gasteiger partial charge in [-0.2, -0.15) is 0 Å². The van der Waals surface area contributed by atoms with Gasteiger partial charge >= 0.3 is 0 Å². The van der Waals surface area contributed by atoms with Gasteiger partial charge in [0.05, 0.1) is 0 Å². The normalized spacial score (nSPS) is 29.7. The van der Waals surface area contributed by atoms with E-state index in [2.05, 4.69) is 42.6 Å². The predicted octanol–water partition coefficient (Wildman–Crippen LogP) is 3.71. The van der Waals surface area contributed by atoms with Crippen molar-refractivity contribution in [3.8, 4) is 0 Å². The first-order chi connectivity index (χ1) is 8.33. The largest absolute Gasteiger partial charge is 0.311 e. The Hall–Kier alpha value is -0.820. The van der Waals surface area contributed by atoms with E-state index in [1.165, 1.54) is 37.7 Å². The predicted molar refractivity (Wildman–Crippen MR) is 72.1 cm³/mol. The molecular weight excluding hydrogens is 206 g/mol. The van der Waals surface area contributed by atoms with Gasteiger partial charge in [0, 0.05) is 18.0 Å². The zero-order chi connectivity index (χ0) is 11.7. The van der Waals surface area contributed by atoms with Crippen molar-refractivity contribution < 1.29 is 0 Å². The van der Waals surface area contributed by atoms with Crippen molar-refractivity contribution in [2.45, 2.75) is 57.0 Å². The van der Waals surface area contributed by atoms with Crippen LogP contribution in [0.2, 0.25) is 0 Å². The first-order valence-corrected chi connectivity index (χ1v) is 7.14. The van der Waals surface area contributed by atoms with Crippen LogP contribution >= 0.6 is 0 Å². The minimum atomic E-state index is 0.707. The number of hydrogen-bond acceptors (Lipinski definition) is 1. The standard InChI is InChI=1S/C16H23N/c1-12(10-13-6-5-7-13)17-16-11-15(16)14-8-3-2-4-9-14/h2-4,8-9,12-13,15-17H,5-7,10-11H2,1H3. The molecule has 0 aromatic heterocycles. The fraction of sp³-hybridized carbons (Fsp3) is 0.625. The Morgan fingerprint density at radius 3 is 2.65 bits per heavy atom. The Morgan fingerprint density at radius 1 is 1.24 bits per heavy atom. The lowest BCUT2D eigenvalue weighted by atomic mass is 9.81. The SMILES string of the molecule is CC(CC1CCC1)NC1CC1c1ccccc1. The number of benzene rings is 1. The Kier molecular flexibility index (Phi) is 3.19. The van der Waals surface area contributed by atoms with Crippen molar-refractivity contribution in [1.29, 1.82) is 0 Å². The summed E-state index contributed by atoms with van der Waals surface area (Å²) in [7, 11) is 0. The topological polar surface area (TPSA) is 12.0 Å². The van der Waals surface area contributed by atoms with Gasteiger partial charge in [0.1, 0.15) is 0 Å². The molecule has 92 valence electrons. The molecule has 17 heavy (non-hydrogen) atoms. The summed E-state index contributed by atoms with van der Waals surface area (Å²) >= 11 is 0. The number of rotatable bonds is 5. The summed E-state index contributed by atoms with van der Waals surface area (Å²) in [6, 6.07) is 12.4. The average Bonchev–Trinajstić information content (AvgIpc) is 3.04. The van der Waals surface area contributed by atoms with E-state index >= 15 is 0 Å². The molecule has 1 aromatic carbocycles. The molecule has 3 unspecified atom stereocenters. The third-order valence-electron chi connectivity index (χ3n) is 4.43. The molecule has 0 bridgehead atoms. The highest BCUT2D eigenvalue weighted by molar-refractivity contribution is 5.27. The van der Waals surface area contributed by atoms with E-state index in [4.69, 9.17) is 0 Å². The summed E-state index contributed by atoms with van der Waals surface area (Å²) in [6.45, 7) is 2.36. The molecule has 0 saturated heterocycles. The van der Waals surface area contributed by atoms with Gasteiger partial charge in [-0.25, -0.2) is 0 Å². The van der Waals surface area contributed by atoms with Crippen molar-refractivity contribution in [2.24, 2.45) is 5.92 Å². The van der Waals surface area contributed by atoms with Gasteiger partial charge in [-0.1, -0.05) is 49.6 Å². The second kappa shape index (κ2) is 4.81. The molecule has 1 N–H and O–H groups in total. The Bertz CT molecular complexity index is 355. The Morgan fingerprint density at radius 2 is 2.00 bits per heavy atom. The second-order valence-corrected chi connectivity index (χ2v) is 5.96. The number of hydrogen-bond donors (Lipinski definition) is 1. The molecule has 3 rings (SSSR count). The first-order valence-electron chi connectivity index (χ1n) is 7.14. The quantitative estimate of drug-likeness (QED) is 0.811. The third-order valence-corrected chi connectivity index (χ3v) is 4.43. The van der Waals surface area contributed by atoms with Crippen LogP contribution in [-0.4, -0.2) is 12.1 Å². The lowest BCUT2D eigenvalue weighted by molar-refractivity contribution is 0.265. The lowest BCUT2D eigenvalue weighted by Crippen LogP contribution is -2.32. The Balaban J connectivity index is 1.45. The van der Waals surface area contributed by atoms with E-state index in [1.54, 1.807) is 0 Å². The molecule has 0 amide bonds. The zero-order valence-corrected chi connectivity index (χ0v) is 10.7. The van der Waals surface area contributed by atoms with Crippen LogP contribution < -0.4 is 5.32 Å². The van der Waals surface area contributed by atoms with Crippen LogP contribution in [-0.2, 0) is 0 Å². The van der Waals surface area contributed by atoms with E-state index in [0.717, 1.165) is 17.9 Å². The minimum Gasteiger partial charge on any atom is -0.311 e. The molecule has 1 nitrogen and oxygen atoms in total. The minimum absolute atomic E-state index is 0.707. The van der Waals surface area contributed by atoms with Crippen LogP contribution in [0.5, 0.6) is 0 Å². The Labute approximate surface area is 105 Å². The van der Waals surface area contributed by atoms with Crippen molar-refractivity contribution in [1.82, 2.24) is 5.32 Å². The van der Waals surface area contributed by atoms with Gasteiger partial charge in [0.15, 0.2) is 0 Å². The van der Waals surface area contributed by atoms with Crippen LogP contribution in [0.25, 0.3) is 0 Å². The highest BCUT2D eigenvalue weighted by Crippen LogP contribution is 2.41. The average molecular weight is 229 g/mol. The molecule has 3 atom stereocenters. The summed E-state index contributed by atoms with van der Waals surface area (Å²) < 4.78 is 0. The van der Waals surface area contributed by atoms with Crippen molar-refractivity contribution >= 4 is 0 Å². The molecule has 0 radical (unpaired) electrons. The van der Waals surface area contributed by atoms with Crippen LogP contribution in [0.4, 0.5) is 0 Å². The monoisotopic (exact) mass is 229 g/mol. The van der Waals surface area contributed by atoms with Crippen LogP contribution in [0, 0.1) is 5.92 Å². The molecule has 2 saturated carbocycles. The second-order valence-electron chi connectivity index (χ2n) is 5.96. The third kappa shape index (κ3) is 2.71. The molecular formula is C16H23N. The van der Waals surface area contributed by atoms with Crippen LogP contribution in [0.3, 0.4) is 0 Å². The van der Waals surface area contributed by atoms with Gasteiger partial charge in [0.2, 0.25) is 0 Å². The fourth-order valence-corrected chi connectivity index (χ4v) is 3.11. The molecule has 1 heteroatoms. The van der Waals surface area contributed by atoms with Crippen molar-refractivity contribution in [2.75, 3.05) is 0 Å². The van der Waals surface area contributed by atoms with E-state index in [9.17, 15) is 0 Å². The summed E-state index contributed by atoms with van der Waals surface area (Å²) in [6.07, 6.45) is 7.13. The summed E-state index contributed by atoms with van der Waals surface area (Å²) in [4.78, 5) is 0. The molecule has 2 aliphatic carbocycles. The van der Waals surface area contributed by atoms with Gasteiger partial charge in [-0.05, 0) is 31.2 Å². The highest BCUT2D eigenvalue weighted by atomic mass is 15.0. The molecule has 0 aliphatic heterocycles. The smallest absolute Gasteiger partial charge is 0.0145 e. The van der Waals surface area contributed by atoms with E-state index < -0.39 is 0 Å². The first kappa shape index (κ1) is 11.3. The molecule has 0 spiro atoms. The molecule has 2 fully saturated rings. The maximum absolute atomic E-state index is 3.80. The zero-order valence-electron chi connectivity index (χ0n) is 10.7. The maximum Gasteiger partial charge on any atom is 0.0145 e. The van der Waals surface area contributed by atoms with Gasteiger partial charge in [0.25, 0.3) is 0 Å². The van der Waals surface area contributed by atoms with Gasteiger partial charge < -0.3 is 5.32 Å². The van der Waals surface area contributed by atoms with Gasteiger partial charge in [-0.3, -0.25) is 0 Å². The van der Waals surface area contributed by atoms with Gasteiger partial charge in [-0.15, -0.1) is 0 Å². The van der Waals surface area contributed by atoms with Crippen molar-refractivity contribution in [3.05, 3.63) is 35.9 Å². The van der Waals surface area contributed by atoms with Crippen LogP contribution in [0.1, 0.15) is 50.5 Å². The molecule has 1 aromatic rings. The van der Waals surface area contributed by atoms with E-state index in [0.29, 0.717) is 6.04 Å². The summed E-state index contributed by atoms with van der Waals surface area (Å²) in [5.41, 5.74) is 1.51. The molecule has 0 heterocycles. The van der Waals surface area contributed by atoms with Crippen molar-refractivity contribution in [3.63, 3.8) is 0 Å². The van der Waals surface area contributed by atoms with E-state index in [1.807, 2.05) is 0 Å². The highest BCUT2D eigenvalue weighted by Gasteiger charge is 2.38. The number of nitrogens with one attached hydrogen (secondary N) is 1. The van der Waals surface area contributed by atoms with Crippen LogP contribution in [0.15, 0.2) is 30.3 Å². The molecule has 2 aliphatic rings. The summed E-state index contributed by atoms with van der Waals surface area (Å²) in [5.74, 6) is 1.80. The summed E-state index contributed by atoms with van der Waals surface area (Å²) in [5, 5.41) is 3.80. The fourth-order valence-electron chi connectivity index (χ4n) is 3.11.